The molecule has 6 nitrogen and oxygen atoms in total. The van der Waals surface area contributed by atoms with Crippen molar-refractivity contribution in [3.8, 4) is 22.8 Å². The van der Waals surface area contributed by atoms with E-state index in [0.29, 0.717) is 28.6 Å². The molecular formula is C17H14N4O2S2. The molecule has 0 fully saturated rings. The van der Waals surface area contributed by atoms with Crippen molar-refractivity contribution in [1.29, 1.82) is 0 Å². The Bertz CT molecular complexity index is 972. The number of rotatable bonds is 5. The van der Waals surface area contributed by atoms with Crippen LogP contribution in [0.1, 0.15) is 17.0 Å². The molecule has 3 aromatic heterocycles. The predicted octanol–water partition coefficient (Wildman–Crippen LogP) is 4.76. The molecule has 0 N–H and O–H groups in total. The molecule has 0 saturated heterocycles. The fourth-order valence-electron chi connectivity index (χ4n) is 2.43. The zero-order chi connectivity index (χ0) is 17.2. The zero-order valence-corrected chi connectivity index (χ0v) is 15.2. The van der Waals surface area contributed by atoms with Crippen molar-refractivity contribution < 1.29 is 8.94 Å². The summed E-state index contributed by atoms with van der Waals surface area (Å²) in [5.41, 5.74) is 4.21. The smallest absolute Gasteiger partial charge is 0.277 e. The van der Waals surface area contributed by atoms with Crippen LogP contribution in [-0.4, -0.2) is 20.3 Å². The van der Waals surface area contributed by atoms with E-state index in [1.54, 1.807) is 11.3 Å². The molecule has 3 heterocycles. The number of aryl methyl sites for hydroxylation is 2. The Balaban J connectivity index is 1.45. The maximum absolute atomic E-state index is 5.73. The van der Waals surface area contributed by atoms with Gasteiger partial charge >= 0.3 is 0 Å². The van der Waals surface area contributed by atoms with Gasteiger partial charge in [-0.05, 0) is 37.4 Å². The lowest BCUT2D eigenvalue weighted by Gasteiger charge is -1.99. The summed E-state index contributed by atoms with van der Waals surface area (Å²) in [5, 5.41) is 16.6. The van der Waals surface area contributed by atoms with E-state index < -0.39 is 0 Å². The van der Waals surface area contributed by atoms with Crippen molar-refractivity contribution in [2.75, 3.05) is 0 Å². The third-order valence-corrected chi connectivity index (χ3v) is 4.93. The van der Waals surface area contributed by atoms with Gasteiger partial charge in [-0.2, -0.15) is 16.3 Å². The third-order valence-electron chi connectivity index (χ3n) is 3.44. The second-order valence-corrected chi connectivity index (χ2v) is 7.27. The summed E-state index contributed by atoms with van der Waals surface area (Å²) < 4.78 is 11.0. The van der Waals surface area contributed by atoms with E-state index in [0.717, 1.165) is 22.3 Å². The summed E-state index contributed by atoms with van der Waals surface area (Å²) in [6.45, 7) is 4.09. The van der Waals surface area contributed by atoms with Crippen molar-refractivity contribution in [3.63, 3.8) is 0 Å². The van der Waals surface area contributed by atoms with Crippen LogP contribution in [0.4, 0.5) is 0 Å². The van der Waals surface area contributed by atoms with Crippen LogP contribution in [0.3, 0.4) is 0 Å². The third kappa shape index (κ3) is 3.64. The van der Waals surface area contributed by atoms with Gasteiger partial charge < -0.3 is 8.94 Å². The van der Waals surface area contributed by atoms with Gasteiger partial charge in [0.05, 0.1) is 5.75 Å². The lowest BCUT2D eigenvalue weighted by molar-refractivity contribution is 0.391. The van der Waals surface area contributed by atoms with E-state index in [2.05, 4.69) is 26.4 Å². The normalized spacial score (nSPS) is 11.1. The molecule has 0 bridgehead atoms. The molecule has 4 aromatic rings. The van der Waals surface area contributed by atoms with E-state index in [1.165, 1.54) is 11.8 Å². The molecule has 0 radical (unpaired) electrons. The highest BCUT2D eigenvalue weighted by Crippen LogP contribution is 2.27. The average molecular weight is 370 g/mol. The van der Waals surface area contributed by atoms with E-state index in [1.807, 2.05) is 42.8 Å². The van der Waals surface area contributed by atoms with Crippen LogP contribution in [0.5, 0.6) is 0 Å². The Morgan fingerprint density at radius 1 is 1.08 bits per heavy atom. The van der Waals surface area contributed by atoms with Crippen molar-refractivity contribution in [2.24, 2.45) is 0 Å². The van der Waals surface area contributed by atoms with Gasteiger partial charge in [0.2, 0.25) is 17.6 Å². The molecule has 0 unspecified atom stereocenters. The fraction of sp³-hybridized carbons (Fsp3) is 0.176. The molecule has 4 rings (SSSR count). The Morgan fingerprint density at radius 2 is 1.92 bits per heavy atom. The van der Waals surface area contributed by atoms with E-state index >= 15 is 0 Å². The van der Waals surface area contributed by atoms with Crippen LogP contribution in [0.25, 0.3) is 22.8 Å². The van der Waals surface area contributed by atoms with Gasteiger partial charge in [-0.1, -0.05) is 34.1 Å². The number of thioether (sulfide) groups is 1. The summed E-state index contributed by atoms with van der Waals surface area (Å²) in [7, 11) is 0. The van der Waals surface area contributed by atoms with Crippen molar-refractivity contribution in [2.45, 2.75) is 24.8 Å². The number of hydrogen-bond acceptors (Lipinski definition) is 8. The highest BCUT2D eigenvalue weighted by Gasteiger charge is 2.13. The molecule has 0 aliphatic rings. The van der Waals surface area contributed by atoms with Gasteiger partial charge in [0.25, 0.3) is 5.22 Å². The second kappa shape index (κ2) is 6.81. The molecule has 0 amide bonds. The minimum atomic E-state index is 0.476. The van der Waals surface area contributed by atoms with Gasteiger partial charge in [0.15, 0.2) is 0 Å². The first-order valence-electron chi connectivity index (χ1n) is 7.57. The molecule has 0 atom stereocenters. The number of thiophene rings is 1. The largest absolute Gasteiger partial charge is 0.411 e. The first kappa shape index (κ1) is 16.0. The SMILES string of the molecule is Cc1cc(C)cc(-c2nnc(SCc3nc(-c4ccsc4)no3)o2)c1. The quantitative estimate of drug-likeness (QED) is 0.469. The van der Waals surface area contributed by atoms with Crippen LogP contribution in [0.15, 0.2) is 49.2 Å². The second-order valence-electron chi connectivity index (χ2n) is 5.56. The molecule has 0 spiro atoms. The lowest BCUT2D eigenvalue weighted by atomic mass is 10.1. The lowest BCUT2D eigenvalue weighted by Crippen LogP contribution is -1.82. The minimum absolute atomic E-state index is 0.476. The van der Waals surface area contributed by atoms with Gasteiger partial charge in [0, 0.05) is 16.5 Å². The summed E-state index contributed by atoms with van der Waals surface area (Å²) in [6.07, 6.45) is 0. The van der Waals surface area contributed by atoms with Gasteiger partial charge in [0.1, 0.15) is 0 Å². The zero-order valence-electron chi connectivity index (χ0n) is 13.6. The topological polar surface area (TPSA) is 77.8 Å². The predicted molar refractivity (Wildman–Crippen MR) is 96.4 cm³/mol. The van der Waals surface area contributed by atoms with Crippen LogP contribution in [0, 0.1) is 13.8 Å². The Kier molecular flexibility index (Phi) is 4.37. The maximum atomic E-state index is 5.73. The number of benzene rings is 1. The molecule has 25 heavy (non-hydrogen) atoms. The number of nitrogens with zero attached hydrogens (tertiary/aromatic N) is 4. The maximum Gasteiger partial charge on any atom is 0.277 e. The van der Waals surface area contributed by atoms with Gasteiger partial charge in [-0.3, -0.25) is 0 Å². The molecule has 0 aliphatic carbocycles. The number of hydrogen-bond donors (Lipinski definition) is 0. The summed E-state index contributed by atoms with van der Waals surface area (Å²) >= 11 is 2.97. The molecule has 0 saturated carbocycles. The van der Waals surface area contributed by atoms with Crippen LogP contribution in [0.2, 0.25) is 0 Å². The summed E-state index contributed by atoms with van der Waals surface area (Å²) in [4.78, 5) is 4.37. The standard InChI is InChI=1S/C17H14N4O2S2/c1-10-5-11(2)7-13(6-10)16-19-20-17(22-16)25-9-14-18-15(21-23-14)12-3-4-24-8-12/h3-8H,9H2,1-2H3. The molecule has 8 heteroatoms. The van der Waals surface area contributed by atoms with Gasteiger partial charge in [-0.25, -0.2) is 0 Å². The first-order chi connectivity index (χ1) is 12.2. The molecule has 126 valence electrons. The molecule has 0 aliphatic heterocycles. The Labute approximate surface area is 152 Å². The molecular weight excluding hydrogens is 356 g/mol. The van der Waals surface area contributed by atoms with Crippen LogP contribution < -0.4 is 0 Å². The highest BCUT2D eigenvalue weighted by molar-refractivity contribution is 7.98. The van der Waals surface area contributed by atoms with Gasteiger partial charge in [-0.15, -0.1) is 10.2 Å². The van der Waals surface area contributed by atoms with E-state index in [9.17, 15) is 0 Å². The first-order valence-corrected chi connectivity index (χ1v) is 9.50. The fourth-order valence-corrected chi connectivity index (χ4v) is 3.66. The highest BCUT2D eigenvalue weighted by atomic mass is 32.2. The van der Waals surface area contributed by atoms with Crippen LogP contribution in [-0.2, 0) is 5.75 Å². The molecule has 1 aromatic carbocycles. The average Bonchev–Trinajstić information content (AvgIpc) is 3.32. The summed E-state index contributed by atoms with van der Waals surface area (Å²) in [5.74, 6) is 2.11. The Morgan fingerprint density at radius 3 is 2.68 bits per heavy atom. The van der Waals surface area contributed by atoms with E-state index in [-0.39, 0.29) is 0 Å². The van der Waals surface area contributed by atoms with Crippen molar-refractivity contribution in [3.05, 3.63) is 52.0 Å². The van der Waals surface area contributed by atoms with Crippen LogP contribution >= 0.6 is 23.1 Å². The Hall–Kier alpha value is -2.45. The number of aromatic nitrogens is 4. The van der Waals surface area contributed by atoms with E-state index in [4.69, 9.17) is 8.94 Å². The monoisotopic (exact) mass is 370 g/mol. The summed E-state index contributed by atoms with van der Waals surface area (Å²) in [6, 6.07) is 8.12. The van der Waals surface area contributed by atoms with Crippen molar-refractivity contribution in [1.82, 2.24) is 20.3 Å². The van der Waals surface area contributed by atoms with Crippen molar-refractivity contribution >= 4 is 23.1 Å². The minimum Gasteiger partial charge on any atom is -0.411 e.